The monoisotopic (exact) mass is 286 g/mol. The van der Waals surface area contributed by atoms with Gasteiger partial charge >= 0.3 is 0 Å². The standard InChI is InChI=1S/C17H26N4/c1-2-4-14(5-3-1)21-11-13-6-7-16(15(13)12-21)20-17-10-18-8-9-19-17/h8-10,13-16H,1-7,11-12H2,(H,19,20)/t13-,15+,16-/m1/s1. The summed E-state index contributed by atoms with van der Waals surface area (Å²) in [6.45, 7) is 2.64. The van der Waals surface area contributed by atoms with Gasteiger partial charge < -0.3 is 5.32 Å². The van der Waals surface area contributed by atoms with Gasteiger partial charge in [-0.2, -0.15) is 0 Å². The number of nitrogens with one attached hydrogen (secondary N) is 1. The lowest BCUT2D eigenvalue weighted by molar-refractivity contribution is 0.177. The fraction of sp³-hybridized carbons (Fsp3) is 0.765. The number of rotatable bonds is 3. The maximum absolute atomic E-state index is 4.38. The number of likely N-dealkylation sites (tertiary alicyclic amines) is 1. The van der Waals surface area contributed by atoms with E-state index in [2.05, 4.69) is 20.2 Å². The van der Waals surface area contributed by atoms with Crippen molar-refractivity contribution in [2.45, 2.75) is 57.0 Å². The minimum absolute atomic E-state index is 0.597. The van der Waals surface area contributed by atoms with Crippen molar-refractivity contribution in [2.75, 3.05) is 18.4 Å². The van der Waals surface area contributed by atoms with Crippen molar-refractivity contribution in [3.63, 3.8) is 0 Å². The summed E-state index contributed by atoms with van der Waals surface area (Å²) in [6, 6.07) is 1.47. The van der Waals surface area contributed by atoms with Gasteiger partial charge in [-0.1, -0.05) is 19.3 Å². The molecule has 0 radical (unpaired) electrons. The molecule has 1 saturated heterocycles. The van der Waals surface area contributed by atoms with Crippen molar-refractivity contribution in [2.24, 2.45) is 11.8 Å². The number of hydrogen-bond donors (Lipinski definition) is 1. The summed E-state index contributed by atoms with van der Waals surface area (Å²) in [4.78, 5) is 11.3. The van der Waals surface area contributed by atoms with Gasteiger partial charge in [-0.3, -0.25) is 9.88 Å². The largest absolute Gasteiger partial charge is 0.366 e. The first-order valence-electron chi connectivity index (χ1n) is 8.67. The normalized spacial score (nSPS) is 34.0. The maximum Gasteiger partial charge on any atom is 0.144 e. The third-order valence-electron chi connectivity index (χ3n) is 5.87. The van der Waals surface area contributed by atoms with Crippen LogP contribution in [0.3, 0.4) is 0 Å². The molecule has 0 bridgehead atoms. The molecule has 4 rings (SSSR count). The number of fused-ring (bicyclic) bond motifs is 1. The zero-order valence-corrected chi connectivity index (χ0v) is 12.7. The third kappa shape index (κ3) is 2.78. The molecule has 2 saturated carbocycles. The summed E-state index contributed by atoms with van der Waals surface area (Å²) in [5.41, 5.74) is 0. The molecule has 3 aliphatic rings. The SMILES string of the molecule is c1cnc(N[C@@H]2CC[C@@H]3CN(C4CCCCC4)C[C@@H]32)cn1. The van der Waals surface area contributed by atoms with Gasteiger partial charge in [0.15, 0.2) is 0 Å². The van der Waals surface area contributed by atoms with Crippen molar-refractivity contribution in [1.29, 1.82) is 0 Å². The topological polar surface area (TPSA) is 41.1 Å². The molecule has 2 heterocycles. The highest BCUT2D eigenvalue weighted by atomic mass is 15.2. The van der Waals surface area contributed by atoms with Gasteiger partial charge in [0.05, 0.1) is 6.20 Å². The van der Waals surface area contributed by atoms with Crippen LogP contribution >= 0.6 is 0 Å². The van der Waals surface area contributed by atoms with Crippen LogP contribution in [0.1, 0.15) is 44.9 Å². The van der Waals surface area contributed by atoms with Crippen LogP contribution in [0.4, 0.5) is 5.82 Å². The quantitative estimate of drug-likeness (QED) is 0.927. The van der Waals surface area contributed by atoms with Crippen LogP contribution in [-0.4, -0.2) is 40.0 Å². The molecule has 0 unspecified atom stereocenters. The Morgan fingerprint density at radius 2 is 1.90 bits per heavy atom. The van der Waals surface area contributed by atoms with Gasteiger partial charge in [-0.05, 0) is 37.5 Å². The molecule has 4 heteroatoms. The smallest absolute Gasteiger partial charge is 0.144 e. The van der Waals surface area contributed by atoms with E-state index < -0.39 is 0 Å². The highest BCUT2D eigenvalue weighted by molar-refractivity contribution is 5.32. The highest BCUT2D eigenvalue weighted by Gasteiger charge is 2.44. The van der Waals surface area contributed by atoms with E-state index >= 15 is 0 Å². The Balaban J connectivity index is 1.39. The van der Waals surface area contributed by atoms with Crippen molar-refractivity contribution < 1.29 is 0 Å². The average molecular weight is 286 g/mol. The lowest BCUT2D eigenvalue weighted by Crippen LogP contribution is -2.37. The third-order valence-corrected chi connectivity index (χ3v) is 5.87. The molecule has 114 valence electrons. The van der Waals surface area contributed by atoms with Gasteiger partial charge in [0.1, 0.15) is 5.82 Å². The Kier molecular flexibility index (Phi) is 3.80. The van der Waals surface area contributed by atoms with E-state index in [0.29, 0.717) is 6.04 Å². The molecule has 3 fully saturated rings. The molecule has 1 aliphatic heterocycles. The summed E-state index contributed by atoms with van der Waals surface area (Å²) in [5.74, 6) is 2.66. The van der Waals surface area contributed by atoms with Gasteiger partial charge in [0.2, 0.25) is 0 Å². The number of anilines is 1. The number of aromatic nitrogens is 2. The summed E-state index contributed by atoms with van der Waals surface area (Å²) >= 11 is 0. The van der Waals surface area contributed by atoms with Gasteiger partial charge in [-0.25, -0.2) is 4.98 Å². The summed E-state index contributed by atoms with van der Waals surface area (Å²) in [5, 5.41) is 3.64. The Hall–Kier alpha value is -1.16. The molecule has 0 aromatic carbocycles. The second kappa shape index (κ2) is 5.91. The highest BCUT2D eigenvalue weighted by Crippen LogP contribution is 2.41. The van der Waals surface area contributed by atoms with Crippen LogP contribution in [0, 0.1) is 11.8 Å². The molecule has 0 amide bonds. The Morgan fingerprint density at radius 3 is 2.71 bits per heavy atom. The van der Waals surface area contributed by atoms with E-state index in [-0.39, 0.29) is 0 Å². The van der Waals surface area contributed by atoms with Crippen LogP contribution in [0.25, 0.3) is 0 Å². The van der Waals surface area contributed by atoms with Crippen LogP contribution in [0.5, 0.6) is 0 Å². The molecule has 2 aliphatic carbocycles. The molecule has 1 aromatic rings. The molecular formula is C17H26N4. The van der Waals surface area contributed by atoms with E-state index in [4.69, 9.17) is 0 Å². The summed E-state index contributed by atoms with van der Waals surface area (Å²) in [7, 11) is 0. The molecule has 0 spiro atoms. The summed E-state index contributed by atoms with van der Waals surface area (Å²) in [6.07, 6.45) is 15.2. The van der Waals surface area contributed by atoms with Crippen molar-refractivity contribution >= 4 is 5.82 Å². The van der Waals surface area contributed by atoms with Crippen LogP contribution in [-0.2, 0) is 0 Å². The van der Waals surface area contributed by atoms with Gasteiger partial charge in [0, 0.05) is 37.6 Å². The van der Waals surface area contributed by atoms with E-state index in [1.165, 1.54) is 58.0 Å². The minimum atomic E-state index is 0.597. The lowest BCUT2D eigenvalue weighted by Gasteiger charge is -2.32. The maximum atomic E-state index is 4.38. The van der Waals surface area contributed by atoms with Crippen molar-refractivity contribution in [1.82, 2.24) is 14.9 Å². The van der Waals surface area contributed by atoms with E-state index in [0.717, 1.165) is 23.7 Å². The van der Waals surface area contributed by atoms with E-state index in [1.54, 1.807) is 12.4 Å². The predicted molar refractivity (Wildman–Crippen MR) is 84.1 cm³/mol. The average Bonchev–Trinajstić information content (AvgIpc) is 3.11. The molecule has 3 atom stereocenters. The van der Waals surface area contributed by atoms with Gasteiger partial charge in [-0.15, -0.1) is 0 Å². The Morgan fingerprint density at radius 1 is 1.00 bits per heavy atom. The van der Waals surface area contributed by atoms with Crippen molar-refractivity contribution in [3.8, 4) is 0 Å². The van der Waals surface area contributed by atoms with E-state index in [9.17, 15) is 0 Å². The fourth-order valence-corrected chi connectivity index (χ4v) is 4.79. The summed E-state index contributed by atoms with van der Waals surface area (Å²) < 4.78 is 0. The molecule has 4 nitrogen and oxygen atoms in total. The van der Waals surface area contributed by atoms with Crippen LogP contribution < -0.4 is 5.32 Å². The second-order valence-electron chi connectivity index (χ2n) is 7.09. The number of nitrogens with zero attached hydrogens (tertiary/aromatic N) is 3. The predicted octanol–water partition coefficient (Wildman–Crippen LogP) is 2.93. The molecule has 21 heavy (non-hydrogen) atoms. The van der Waals surface area contributed by atoms with Crippen LogP contribution in [0.2, 0.25) is 0 Å². The van der Waals surface area contributed by atoms with E-state index in [1.807, 2.05) is 6.20 Å². The molecule has 1 aromatic heterocycles. The first-order chi connectivity index (χ1) is 10.4. The van der Waals surface area contributed by atoms with Gasteiger partial charge in [0.25, 0.3) is 0 Å². The Bertz CT molecular complexity index is 457. The minimum Gasteiger partial charge on any atom is -0.366 e. The van der Waals surface area contributed by atoms with Crippen molar-refractivity contribution in [3.05, 3.63) is 18.6 Å². The first-order valence-corrected chi connectivity index (χ1v) is 8.67. The second-order valence-corrected chi connectivity index (χ2v) is 7.09. The first kappa shape index (κ1) is 13.5. The Labute approximate surface area is 127 Å². The van der Waals surface area contributed by atoms with Crippen LogP contribution in [0.15, 0.2) is 18.6 Å². The molecular weight excluding hydrogens is 260 g/mol. The fourth-order valence-electron chi connectivity index (χ4n) is 4.79. The molecule has 1 N–H and O–H groups in total. The zero-order chi connectivity index (χ0) is 14.1. The number of hydrogen-bond acceptors (Lipinski definition) is 4. The zero-order valence-electron chi connectivity index (χ0n) is 12.7. The lowest BCUT2D eigenvalue weighted by atomic mass is 9.94.